The van der Waals surface area contributed by atoms with Crippen LogP contribution in [-0.4, -0.2) is 17.5 Å². The molecule has 1 aliphatic rings. The van der Waals surface area contributed by atoms with Crippen molar-refractivity contribution in [3.8, 4) is 0 Å². The lowest BCUT2D eigenvalue weighted by atomic mass is 9.94. The molecule has 3 N–H and O–H groups in total. The highest BCUT2D eigenvalue weighted by molar-refractivity contribution is 7.99. The highest BCUT2D eigenvalue weighted by atomic mass is 32.2. The van der Waals surface area contributed by atoms with Crippen molar-refractivity contribution in [3.05, 3.63) is 23.8 Å². The minimum absolute atomic E-state index is 0.600. The lowest BCUT2D eigenvalue weighted by Gasteiger charge is -2.29. The minimum atomic E-state index is 0.600. The molecule has 0 aromatic heterocycles. The van der Waals surface area contributed by atoms with Crippen molar-refractivity contribution < 1.29 is 0 Å². The molecular formula is C14H22N2S. The van der Waals surface area contributed by atoms with Gasteiger partial charge < -0.3 is 11.1 Å². The third-order valence-electron chi connectivity index (χ3n) is 3.58. The van der Waals surface area contributed by atoms with Crippen LogP contribution in [0.15, 0.2) is 18.2 Å². The van der Waals surface area contributed by atoms with E-state index in [2.05, 4.69) is 30.6 Å². The van der Waals surface area contributed by atoms with Crippen LogP contribution in [0.4, 0.5) is 11.4 Å². The van der Waals surface area contributed by atoms with Crippen molar-refractivity contribution >= 4 is 23.1 Å². The fraction of sp³-hybridized carbons (Fsp3) is 0.571. The monoisotopic (exact) mass is 250 g/mol. The Labute approximate surface area is 108 Å². The molecule has 1 aromatic rings. The summed E-state index contributed by atoms with van der Waals surface area (Å²) in [4.78, 5) is 0. The van der Waals surface area contributed by atoms with Gasteiger partial charge in [-0.1, -0.05) is 6.07 Å². The van der Waals surface area contributed by atoms with Gasteiger partial charge in [0.25, 0.3) is 0 Å². The first-order valence-electron chi connectivity index (χ1n) is 6.34. The Hall–Kier alpha value is -0.830. The van der Waals surface area contributed by atoms with Gasteiger partial charge in [-0.3, -0.25) is 0 Å². The summed E-state index contributed by atoms with van der Waals surface area (Å²) in [7, 11) is 0. The Morgan fingerprint density at radius 1 is 1.24 bits per heavy atom. The number of anilines is 2. The fourth-order valence-corrected chi connectivity index (χ4v) is 3.20. The van der Waals surface area contributed by atoms with Crippen LogP contribution in [-0.2, 0) is 0 Å². The summed E-state index contributed by atoms with van der Waals surface area (Å²) in [5.41, 5.74) is 9.23. The number of rotatable bonds is 3. The molecule has 0 heterocycles. The molecule has 0 spiro atoms. The van der Waals surface area contributed by atoms with Gasteiger partial charge in [0.2, 0.25) is 0 Å². The Morgan fingerprint density at radius 2 is 1.94 bits per heavy atom. The molecule has 0 aliphatic heterocycles. The predicted octanol–water partition coefficient (Wildman–Crippen LogP) is 3.66. The maximum Gasteiger partial charge on any atom is 0.0578 e. The second-order valence-electron chi connectivity index (χ2n) is 4.94. The zero-order valence-corrected chi connectivity index (χ0v) is 11.5. The third kappa shape index (κ3) is 3.32. The third-order valence-corrected chi connectivity index (χ3v) is 4.71. The summed E-state index contributed by atoms with van der Waals surface area (Å²) in [5, 5.41) is 4.46. The number of benzene rings is 1. The molecule has 94 valence electrons. The molecule has 1 saturated carbocycles. The normalized spacial score (nSPS) is 24.6. The van der Waals surface area contributed by atoms with Gasteiger partial charge in [-0.05, 0) is 56.6 Å². The fourth-order valence-electron chi connectivity index (χ4n) is 2.46. The minimum Gasteiger partial charge on any atom is -0.397 e. The summed E-state index contributed by atoms with van der Waals surface area (Å²) >= 11 is 2.01. The maximum absolute atomic E-state index is 5.99. The Bertz CT molecular complexity index is 370. The van der Waals surface area contributed by atoms with Crippen LogP contribution in [0.3, 0.4) is 0 Å². The number of nitrogens with one attached hydrogen (secondary N) is 1. The number of nitrogen functional groups attached to an aromatic ring is 1. The van der Waals surface area contributed by atoms with Crippen LogP contribution in [0.2, 0.25) is 0 Å². The highest BCUT2D eigenvalue weighted by Crippen LogP contribution is 2.30. The molecule has 0 radical (unpaired) electrons. The zero-order valence-electron chi connectivity index (χ0n) is 10.7. The molecule has 1 aliphatic carbocycles. The Kier molecular flexibility index (Phi) is 4.21. The van der Waals surface area contributed by atoms with E-state index in [9.17, 15) is 0 Å². The van der Waals surface area contributed by atoms with E-state index in [0.29, 0.717) is 6.04 Å². The second kappa shape index (κ2) is 5.67. The van der Waals surface area contributed by atoms with Crippen LogP contribution in [0.25, 0.3) is 0 Å². The first-order chi connectivity index (χ1) is 8.19. The van der Waals surface area contributed by atoms with E-state index in [4.69, 9.17) is 5.73 Å². The van der Waals surface area contributed by atoms with Crippen molar-refractivity contribution in [1.82, 2.24) is 0 Å². The molecule has 3 heteroatoms. The molecule has 17 heavy (non-hydrogen) atoms. The van der Waals surface area contributed by atoms with Gasteiger partial charge >= 0.3 is 0 Å². The average molecular weight is 250 g/mol. The van der Waals surface area contributed by atoms with E-state index >= 15 is 0 Å². The van der Waals surface area contributed by atoms with E-state index in [0.717, 1.165) is 16.6 Å². The first kappa shape index (κ1) is 12.6. The predicted molar refractivity (Wildman–Crippen MR) is 78.8 cm³/mol. The molecule has 2 rings (SSSR count). The molecule has 2 nitrogen and oxygen atoms in total. The highest BCUT2D eigenvalue weighted by Gasteiger charge is 2.20. The SMILES string of the molecule is CSC1CCC(Nc2cc(C)ccc2N)CC1. The van der Waals surface area contributed by atoms with E-state index < -0.39 is 0 Å². The van der Waals surface area contributed by atoms with Crippen LogP contribution < -0.4 is 11.1 Å². The molecule has 0 unspecified atom stereocenters. The van der Waals surface area contributed by atoms with E-state index in [-0.39, 0.29) is 0 Å². The number of aryl methyl sites for hydroxylation is 1. The van der Waals surface area contributed by atoms with Gasteiger partial charge in [0, 0.05) is 11.3 Å². The zero-order chi connectivity index (χ0) is 12.3. The van der Waals surface area contributed by atoms with Crippen molar-refractivity contribution in [2.24, 2.45) is 0 Å². The van der Waals surface area contributed by atoms with Crippen molar-refractivity contribution in [2.45, 2.75) is 43.9 Å². The number of nitrogens with two attached hydrogens (primary N) is 1. The number of hydrogen-bond acceptors (Lipinski definition) is 3. The quantitative estimate of drug-likeness (QED) is 0.804. The van der Waals surface area contributed by atoms with Gasteiger partial charge in [0.15, 0.2) is 0 Å². The van der Waals surface area contributed by atoms with Gasteiger partial charge in [-0.2, -0.15) is 11.8 Å². The van der Waals surface area contributed by atoms with E-state index in [1.165, 1.54) is 31.2 Å². The van der Waals surface area contributed by atoms with Crippen molar-refractivity contribution in [2.75, 3.05) is 17.3 Å². The topological polar surface area (TPSA) is 38.0 Å². The lowest BCUT2D eigenvalue weighted by Crippen LogP contribution is -2.27. The van der Waals surface area contributed by atoms with Gasteiger partial charge in [0.05, 0.1) is 11.4 Å². The smallest absolute Gasteiger partial charge is 0.0578 e. The average Bonchev–Trinajstić information content (AvgIpc) is 2.35. The summed E-state index contributed by atoms with van der Waals surface area (Å²) in [6.07, 6.45) is 7.39. The molecule has 0 saturated heterocycles. The first-order valence-corrected chi connectivity index (χ1v) is 7.63. The maximum atomic E-state index is 5.99. The molecule has 0 atom stereocenters. The Balaban J connectivity index is 1.95. The molecule has 1 fully saturated rings. The Morgan fingerprint density at radius 3 is 2.59 bits per heavy atom. The van der Waals surface area contributed by atoms with E-state index in [1.54, 1.807) is 0 Å². The summed E-state index contributed by atoms with van der Waals surface area (Å²) in [5.74, 6) is 0. The molecule has 1 aromatic carbocycles. The van der Waals surface area contributed by atoms with Crippen LogP contribution in [0.5, 0.6) is 0 Å². The lowest BCUT2D eigenvalue weighted by molar-refractivity contribution is 0.473. The molecule has 0 amide bonds. The van der Waals surface area contributed by atoms with Gasteiger partial charge in [0.1, 0.15) is 0 Å². The van der Waals surface area contributed by atoms with Crippen molar-refractivity contribution in [3.63, 3.8) is 0 Å². The van der Waals surface area contributed by atoms with Gasteiger partial charge in [-0.25, -0.2) is 0 Å². The molecular weight excluding hydrogens is 228 g/mol. The van der Waals surface area contributed by atoms with Gasteiger partial charge in [-0.15, -0.1) is 0 Å². The number of thioether (sulfide) groups is 1. The van der Waals surface area contributed by atoms with Crippen LogP contribution >= 0.6 is 11.8 Å². The van der Waals surface area contributed by atoms with Crippen LogP contribution in [0, 0.1) is 6.92 Å². The van der Waals surface area contributed by atoms with E-state index in [1.807, 2.05) is 17.8 Å². The molecule has 0 bridgehead atoms. The summed E-state index contributed by atoms with van der Waals surface area (Å²) < 4.78 is 0. The second-order valence-corrected chi connectivity index (χ2v) is 6.08. The standard InChI is InChI=1S/C14H22N2S/c1-10-3-8-13(15)14(9-10)16-11-4-6-12(17-2)7-5-11/h3,8-9,11-12,16H,4-7,15H2,1-2H3. The summed E-state index contributed by atoms with van der Waals surface area (Å²) in [6.45, 7) is 2.11. The number of hydrogen-bond donors (Lipinski definition) is 2. The summed E-state index contributed by atoms with van der Waals surface area (Å²) in [6, 6.07) is 6.80. The van der Waals surface area contributed by atoms with Crippen molar-refractivity contribution in [1.29, 1.82) is 0 Å². The largest absolute Gasteiger partial charge is 0.397 e. The van der Waals surface area contributed by atoms with Crippen LogP contribution in [0.1, 0.15) is 31.2 Å².